The van der Waals surface area contributed by atoms with Crippen molar-refractivity contribution in [2.45, 2.75) is 44.2 Å². The molecule has 1 aromatic carbocycles. The lowest BCUT2D eigenvalue weighted by Crippen LogP contribution is -2.49. The first-order valence-corrected chi connectivity index (χ1v) is 9.86. The first-order chi connectivity index (χ1) is 12.3. The zero-order valence-electron chi connectivity index (χ0n) is 15.0. The molecule has 1 aromatic rings. The van der Waals surface area contributed by atoms with E-state index in [4.69, 9.17) is 0 Å². The highest BCUT2D eigenvalue weighted by Gasteiger charge is 2.32. The number of hydrogen-bond donors (Lipinski definition) is 2. The van der Waals surface area contributed by atoms with E-state index in [1.807, 2.05) is 0 Å². The van der Waals surface area contributed by atoms with Crippen LogP contribution in [0.15, 0.2) is 30.3 Å². The Balaban J connectivity index is 1.14. The number of nitrogens with zero attached hydrogens (tertiary/aromatic N) is 2. The number of anilines is 1. The zero-order valence-corrected chi connectivity index (χ0v) is 15.0. The molecule has 136 valence electrons. The molecular weight excluding hydrogens is 312 g/mol. The second-order valence-electron chi connectivity index (χ2n) is 7.83. The maximum Gasteiger partial charge on any atom is 0.315 e. The van der Waals surface area contributed by atoms with Gasteiger partial charge in [-0.2, -0.15) is 0 Å². The SMILES string of the molecule is O=C(NC[C@H]1CCN(c2ccccc2)C1)NC1CCN(C2CC2)CC1. The van der Waals surface area contributed by atoms with Crippen molar-refractivity contribution in [3.8, 4) is 0 Å². The normalized spacial score (nSPS) is 25.1. The van der Waals surface area contributed by atoms with Gasteiger partial charge in [0.2, 0.25) is 0 Å². The van der Waals surface area contributed by atoms with E-state index in [-0.39, 0.29) is 6.03 Å². The van der Waals surface area contributed by atoms with Crippen LogP contribution in [-0.4, -0.2) is 55.7 Å². The number of urea groups is 1. The van der Waals surface area contributed by atoms with E-state index in [0.29, 0.717) is 12.0 Å². The van der Waals surface area contributed by atoms with Crippen LogP contribution in [0.3, 0.4) is 0 Å². The fourth-order valence-electron chi connectivity index (χ4n) is 4.19. The van der Waals surface area contributed by atoms with E-state index in [0.717, 1.165) is 58.0 Å². The van der Waals surface area contributed by atoms with Crippen molar-refractivity contribution in [2.24, 2.45) is 5.92 Å². The quantitative estimate of drug-likeness (QED) is 0.864. The van der Waals surface area contributed by atoms with Gasteiger partial charge in [-0.25, -0.2) is 4.79 Å². The van der Waals surface area contributed by atoms with Crippen LogP contribution in [0.4, 0.5) is 10.5 Å². The van der Waals surface area contributed by atoms with Crippen molar-refractivity contribution in [3.05, 3.63) is 30.3 Å². The number of para-hydroxylation sites is 1. The number of rotatable bonds is 5. The summed E-state index contributed by atoms with van der Waals surface area (Å²) in [6.45, 7) is 5.17. The maximum absolute atomic E-state index is 12.2. The van der Waals surface area contributed by atoms with E-state index in [2.05, 4.69) is 50.8 Å². The third-order valence-corrected chi connectivity index (χ3v) is 5.89. The van der Waals surface area contributed by atoms with Crippen LogP contribution in [0.5, 0.6) is 0 Å². The minimum atomic E-state index is 0.0167. The molecule has 2 aliphatic heterocycles. The van der Waals surface area contributed by atoms with Crippen LogP contribution in [0.25, 0.3) is 0 Å². The van der Waals surface area contributed by atoms with Gasteiger partial charge in [0.05, 0.1) is 0 Å². The number of carbonyl (C=O) groups excluding carboxylic acids is 1. The highest BCUT2D eigenvalue weighted by Crippen LogP contribution is 2.29. The summed E-state index contributed by atoms with van der Waals surface area (Å²) in [5.41, 5.74) is 1.29. The molecule has 0 spiro atoms. The summed E-state index contributed by atoms with van der Waals surface area (Å²) in [7, 11) is 0. The van der Waals surface area contributed by atoms with Crippen LogP contribution >= 0.6 is 0 Å². The van der Waals surface area contributed by atoms with Gasteiger partial charge < -0.3 is 20.4 Å². The molecule has 0 radical (unpaired) electrons. The number of carbonyl (C=O) groups is 1. The van der Waals surface area contributed by atoms with Crippen LogP contribution in [-0.2, 0) is 0 Å². The predicted molar refractivity (Wildman–Crippen MR) is 101 cm³/mol. The lowest BCUT2D eigenvalue weighted by Gasteiger charge is -2.32. The molecule has 5 nitrogen and oxygen atoms in total. The second-order valence-corrected chi connectivity index (χ2v) is 7.83. The Morgan fingerprint density at radius 1 is 1.00 bits per heavy atom. The van der Waals surface area contributed by atoms with E-state index in [9.17, 15) is 4.79 Å². The van der Waals surface area contributed by atoms with Crippen molar-refractivity contribution in [2.75, 3.05) is 37.6 Å². The summed E-state index contributed by atoms with van der Waals surface area (Å²) in [5.74, 6) is 0.544. The smallest absolute Gasteiger partial charge is 0.315 e. The van der Waals surface area contributed by atoms with Crippen LogP contribution in [0, 0.1) is 5.92 Å². The van der Waals surface area contributed by atoms with E-state index in [1.54, 1.807) is 0 Å². The van der Waals surface area contributed by atoms with Crippen molar-refractivity contribution >= 4 is 11.7 Å². The minimum Gasteiger partial charge on any atom is -0.371 e. The van der Waals surface area contributed by atoms with Crippen LogP contribution in [0.2, 0.25) is 0 Å². The lowest BCUT2D eigenvalue weighted by molar-refractivity contribution is 0.185. The number of likely N-dealkylation sites (tertiary alicyclic amines) is 1. The van der Waals surface area contributed by atoms with Gasteiger partial charge in [0.1, 0.15) is 0 Å². The summed E-state index contributed by atoms with van der Waals surface area (Å²) in [4.78, 5) is 17.2. The van der Waals surface area contributed by atoms with Gasteiger partial charge in [0.25, 0.3) is 0 Å². The molecule has 1 saturated carbocycles. The second kappa shape index (κ2) is 7.65. The van der Waals surface area contributed by atoms with Gasteiger partial charge in [0.15, 0.2) is 0 Å². The molecule has 1 aliphatic carbocycles. The molecule has 0 bridgehead atoms. The molecule has 0 aromatic heterocycles. The van der Waals surface area contributed by atoms with Crippen LogP contribution < -0.4 is 15.5 Å². The highest BCUT2D eigenvalue weighted by molar-refractivity contribution is 5.74. The fourth-order valence-corrected chi connectivity index (χ4v) is 4.19. The Kier molecular flexibility index (Phi) is 5.11. The molecule has 2 N–H and O–H groups in total. The largest absolute Gasteiger partial charge is 0.371 e. The molecule has 0 unspecified atom stereocenters. The fraction of sp³-hybridized carbons (Fsp3) is 0.650. The average Bonchev–Trinajstić information content (AvgIpc) is 3.39. The summed E-state index contributed by atoms with van der Waals surface area (Å²) in [5, 5.41) is 6.28. The molecule has 2 saturated heterocycles. The van der Waals surface area contributed by atoms with Gasteiger partial charge in [-0.3, -0.25) is 0 Å². The molecule has 1 atom stereocenters. The van der Waals surface area contributed by atoms with Crippen molar-refractivity contribution in [3.63, 3.8) is 0 Å². The minimum absolute atomic E-state index is 0.0167. The van der Waals surface area contributed by atoms with Crippen molar-refractivity contribution < 1.29 is 4.79 Å². The Morgan fingerprint density at radius 2 is 1.76 bits per heavy atom. The van der Waals surface area contributed by atoms with E-state index in [1.165, 1.54) is 18.5 Å². The standard InChI is InChI=1S/C20H30N4O/c25-20(22-17-9-12-23(13-10-17)19-6-7-19)21-14-16-8-11-24(15-16)18-4-2-1-3-5-18/h1-5,16-17,19H,6-15H2,(H2,21,22,25)/t16-/m1/s1. The first kappa shape index (κ1) is 16.7. The number of piperidine rings is 1. The molecule has 3 aliphatic rings. The topological polar surface area (TPSA) is 47.6 Å². The highest BCUT2D eigenvalue weighted by atomic mass is 16.2. The van der Waals surface area contributed by atoms with Gasteiger partial charge in [-0.1, -0.05) is 18.2 Å². The molecule has 2 amide bonds. The Hall–Kier alpha value is -1.75. The number of hydrogen-bond acceptors (Lipinski definition) is 3. The number of amides is 2. The third kappa shape index (κ3) is 4.46. The number of benzene rings is 1. The molecule has 3 fully saturated rings. The van der Waals surface area contributed by atoms with Crippen LogP contribution in [0.1, 0.15) is 32.1 Å². The lowest BCUT2D eigenvalue weighted by atomic mass is 10.1. The molecule has 25 heavy (non-hydrogen) atoms. The van der Waals surface area contributed by atoms with Gasteiger partial charge in [-0.05, 0) is 50.2 Å². The predicted octanol–water partition coefficient (Wildman–Crippen LogP) is 2.44. The summed E-state index contributed by atoms with van der Waals surface area (Å²) in [6, 6.07) is 11.8. The summed E-state index contributed by atoms with van der Waals surface area (Å²) >= 11 is 0. The summed E-state index contributed by atoms with van der Waals surface area (Å²) in [6.07, 6.45) is 6.08. The van der Waals surface area contributed by atoms with Crippen molar-refractivity contribution in [1.82, 2.24) is 15.5 Å². The van der Waals surface area contributed by atoms with E-state index < -0.39 is 0 Å². The molecule has 5 heteroatoms. The average molecular weight is 342 g/mol. The number of nitrogens with one attached hydrogen (secondary N) is 2. The van der Waals surface area contributed by atoms with Gasteiger partial charge >= 0.3 is 6.03 Å². The van der Waals surface area contributed by atoms with Crippen molar-refractivity contribution in [1.29, 1.82) is 0 Å². The Morgan fingerprint density at radius 3 is 2.48 bits per heavy atom. The van der Waals surface area contributed by atoms with Gasteiger partial charge in [-0.15, -0.1) is 0 Å². The monoisotopic (exact) mass is 342 g/mol. The Bertz CT molecular complexity index is 566. The van der Waals surface area contributed by atoms with Gasteiger partial charge in [0, 0.05) is 50.5 Å². The molecular formula is C20H30N4O. The molecule has 4 rings (SSSR count). The first-order valence-electron chi connectivity index (χ1n) is 9.86. The Labute approximate surface area is 150 Å². The third-order valence-electron chi connectivity index (χ3n) is 5.89. The molecule has 2 heterocycles. The summed E-state index contributed by atoms with van der Waals surface area (Å²) < 4.78 is 0. The maximum atomic E-state index is 12.2. The zero-order chi connectivity index (χ0) is 17.1. The van der Waals surface area contributed by atoms with E-state index >= 15 is 0 Å².